The molecule has 4 nitrogen and oxygen atoms in total. The Morgan fingerprint density at radius 3 is 2.28 bits per heavy atom. The number of carbonyl (C=O) groups is 1. The summed E-state index contributed by atoms with van der Waals surface area (Å²) >= 11 is 0. The number of nitrogens with one attached hydrogen (secondary N) is 2. The number of nitrogens with zero attached hydrogens (tertiary/aromatic N) is 1. The Bertz CT molecular complexity index is 437. The van der Waals surface area contributed by atoms with Crippen LogP contribution >= 0.6 is 0 Å². The van der Waals surface area contributed by atoms with Gasteiger partial charge >= 0.3 is 0 Å². The van der Waals surface area contributed by atoms with Gasteiger partial charge in [-0.2, -0.15) is 0 Å². The van der Waals surface area contributed by atoms with Crippen LogP contribution in [0.25, 0.3) is 0 Å². The number of amides is 1. The predicted octanol–water partition coefficient (Wildman–Crippen LogP) is 1.12. The summed E-state index contributed by atoms with van der Waals surface area (Å²) in [6, 6.07) is 8.18. The van der Waals surface area contributed by atoms with Crippen LogP contribution < -0.4 is 15.5 Å². The Labute approximate surface area is 108 Å². The maximum Gasteiger partial charge on any atom is 0.238 e. The van der Waals surface area contributed by atoms with Crippen molar-refractivity contribution in [3.63, 3.8) is 0 Å². The molecule has 1 aromatic carbocycles. The molecule has 0 aliphatic carbocycles. The predicted molar refractivity (Wildman–Crippen MR) is 73.6 cm³/mol. The van der Waals surface area contributed by atoms with Crippen molar-refractivity contribution in [2.75, 3.05) is 19.0 Å². The van der Waals surface area contributed by atoms with Crippen molar-refractivity contribution in [2.45, 2.75) is 32.0 Å². The fourth-order valence-corrected chi connectivity index (χ4v) is 2.24. The SMILES string of the molecule is CN(C)c1ccc(C[C@@H]2NC(C)(C)NC2=O)cc1. The van der Waals surface area contributed by atoms with Crippen LogP contribution in [0, 0.1) is 0 Å². The monoisotopic (exact) mass is 247 g/mol. The molecule has 1 heterocycles. The van der Waals surface area contributed by atoms with Crippen molar-refractivity contribution < 1.29 is 4.79 Å². The topological polar surface area (TPSA) is 44.4 Å². The van der Waals surface area contributed by atoms with E-state index in [-0.39, 0.29) is 17.6 Å². The first-order chi connectivity index (χ1) is 8.37. The van der Waals surface area contributed by atoms with Gasteiger partial charge in [-0.15, -0.1) is 0 Å². The summed E-state index contributed by atoms with van der Waals surface area (Å²) in [6.45, 7) is 3.94. The summed E-state index contributed by atoms with van der Waals surface area (Å²) < 4.78 is 0. The molecule has 4 heteroatoms. The fourth-order valence-electron chi connectivity index (χ4n) is 2.24. The zero-order valence-electron chi connectivity index (χ0n) is 11.4. The maximum absolute atomic E-state index is 11.8. The van der Waals surface area contributed by atoms with E-state index in [1.807, 2.05) is 27.9 Å². The van der Waals surface area contributed by atoms with Crippen LogP contribution in [0.3, 0.4) is 0 Å². The lowest BCUT2D eigenvalue weighted by Gasteiger charge is -2.18. The van der Waals surface area contributed by atoms with Crippen molar-refractivity contribution in [3.05, 3.63) is 29.8 Å². The summed E-state index contributed by atoms with van der Waals surface area (Å²) in [7, 11) is 4.03. The standard InChI is InChI=1S/C14H21N3O/c1-14(2)15-12(13(18)16-14)9-10-5-7-11(8-6-10)17(3)4/h5-8,12,15H,9H2,1-4H3,(H,16,18)/t12-/m0/s1. The van der Waals surface area contributed by atoms with Crippen LogP contribution in [0.2, 0.25) is 0 Å². The minimum Gasteiger partial charge on any atom is -0.378 e. The molecule has 1 atom stereocenters. The Morgan fingerprint density at radius 1 is 1.22 bits per heavy atom. The lowest BCUT2D eigenvalue weighted by molar-refractivity contribution is -0.120. The highest BCUT2D eigenvalue weighted by molar-refractivity contribution is 5.85. The quantitative estimate of drug-likeness (QED) is 0.841. The molecule has 2 rings (SSSR count). The second-order valence-electron chi connectivity index (χ2n) is 5.58. The van der Waals surface area contributed by atoms with Gasteiger partial charge < -0.3 is 10.2 Å². The molecule has 0 saturated carbocycles. The van der Waals surface area contributed by atoms with E-state index in [9.17, 15) is 4.79 Å². The first kappa shape index (κ1) is 12.9. The van der Waals surface area contributed by atoms with Crippen LogP contribution in [0.15, 0.2) is 24.3 Å². The summed E-state index contributed by atoms with van der Waals surface area (Å²) in [6.07, 6.45) is 0.725. The molecule has 1 amide bonds. The average Bonchev–Trinajstić information content (AvgIpc) is 2.52. The average molecular weight is 247 g/mol. The maximum atomic E-state index is 11.8. The zero-order valence-corrected chi connectivity index (χ0v) is 11.4. The molecular formula is C14H21N3O. The molecular weight excluding hydrogens is 226 g/mol. The number of hydrogen-bond donors (Lipinski definition) is 2. The highest BCUT2D eigenvalue weighted by Crippen LogP contribution is 2.16. The number of rotatable bonds is 3. The molecule has 98 valence electrons. The fraction of sp³-hybridized carbons (Fsp3) is 0.500. The van der Waals surface area contributed by atoms with E-state index in [1.165, 1.54) is 11.3 Å². The number of benzene rings is 1. The molecule has 1 aliphatic heterocycles. The highest BCUT2D eigenvalue weighted by Gasteiger charge is 2.35. The molecule has 0 unspecified atom stereocenters. The van der Waals surface area contributed by atoms with Crippen LogP contribution in [0.5, 0.6) is 0 Å². The third-order valence-electron chi connectivity index (χ3n) is 3.18. The largest absolute Gasteiger partial charge is 0.378 e. The first-order valence-electron chi connectivity index (χ1n) is 6.23. The van der Waals surface area contributed by atoms with E-state index in [0.717, 1.165) is 6.42 Å². The minimum atomic E-state index is -0.300. The summed E-state index contributed by atoms with van der Waals surface area (Å²) in [4.78, 5) is 13.9. The van der Waals surface area contributed by atoms with Gasteiger partial charge in [0, 0.05) is 19.8 Å². The Morgan fingerprint density at radius 2 is 1.83 bits per heavy atom. The van der Waals surface area contributed by atoms with Gasteiger partial charge in [0.2, 0.25) is 5.91 Å². The zero-order chi connectivity index (χ0) is 13.3. The van der Waals surface area contributed by atoms with Gasteiger partial charge in [-0.25, -0.2) is 0 Å². The molecule has 18 heavy (non-hydrogen) atoms. The number of anilines is 1. The molecule has 1 fully saturated rings. The Kier molecular flexibility index (Phi) is 3.30. The van der Waals surface area contributed by atoms with Crippen molar-refractivity contribution in [2.24, 2.45) is 0 Å². The van der Waals surface area contributed by atoms with E-state index in [0.29, 0.717) is 0 Å². The van der Waals surface area contributed by atoms with Crippen LogP contribution in [-0.2, 0) is 11.2 Å². The summed E-state index contributed by atoms with van der Waals surface area (Å²) in [5.74, 6) is 0.0803. The van der Waals surface area contributed by atoms with Gasteiger partial charge in [-0.1, -0.05) is 12.1 Å². The Balaban J connectivity index is 2.04. The van der Waals surface area contributed by atoms with Crippen LogP contribution in [0.4, 0.5) is 5.69 Å². The van der Waals surface area contributed by atoms with Gasteiger partial charge in [0.15, 0.2) is 0 Å². The van der Waals surface area contributed by atoms with Gasteiger partial charge in [-0.3, -0.25) is 10.1 Å². The number of hydrogen-bond acceptors (Lipinski definition) is 3. The van der Waals surface area contributed by atoms with Crippen molar-refractivity contribution in [3.8, 4) is 0 Å². The van der Waals surface area contributed by atoms with Crippen molar-refractivity contribution in [1.82, 2.24) is 10.6 Å². The smallest absolute Gasteiger partial charge is 0.238 e. The molecule has 1 saturated heterocycles. The van der Waals surface area contributed by atoms with E-state index < -0.39 is 0 Å². The van der Waals surface area contributed by atoms with Crippen LogP contribution in [-0.4, -0.2) is 31.7 Å². The van der Waals surface area contributed by atoms with Gasteiger partial charge in [0.1, 0.15) is 0 Å². The molecule has 1 aliphatic rings. The highest BCUT2D eigenvalue weighted by atomic mass is 16.2. The van der Waals surface area contributed by atoms with E-state index in [4.69, 9.17) is 0 Å². The molecule has 0 radical (unpaired) electrons. The molecule has 0 spiro atoms. The van der Waals surface area contributed by atoms with Crippen molar-refractivity contribution >= 4 is 11.6 Å². The lowest BCUT2D eigenvalue weighted by atomic mass is 10.1. The lowest BCUT2D eigenvalue weighted by Crippen LogP contribution is -2.44. The third kappa shape index (κ3) is 2.82. The normalized spacial score (nSPS) is 21.8. The van der Waals surface area contributed by atoms with Gasteiger partial charge in [-0.05, 0) is 38.0 Å². The first-order valence-corrected chi connectivity index (χ1v) is 6.23. The van der Waals surface area contributed by atoms with E-state index >= 15 is 0 Å². The summed E-state index contributed by atoms with van der Waals surface area (Å²) in [5, 5.41) is 6.23. The Hall–Kier alpha value is -1.55. The van der Waals surface area contributed by atoms with E-state index in [2.05, 4.69) is 39.8 Å². The van der Waals surface area contributed by atoms with E-state index in [1.54, 1.807) is 0 Å². The molecule has 0 aromatic heterocycles. The van der Waals surface area contributed by atoms with Crippen LogP contribution in [0.1, 0.15) is 19.4 Å². The van der Waals surface area contributed by atoms with Gasteiger partial charge in [0.25, 0.3) is 0 Å². The van der Waals surface area contributed by atoms with Crippen molar-refractivity contribution in [1.29, 1.82) is 0 Å². The molecule has 1 aromatic rings. The molecule has 2 N–H and O–H groups in total. The number of carbonyl (C=O) groups excluding carboxylic acids is 1. The molecule has 0 bridgehead atoms. The minimum absolute atomic E-state index is 0.0803. The van der Waals surface area contributed by atoms with Gasteiger partial charge in [0.05, 0.1) is 11.7 Å². The third-order valence-corrected chi connectivity index (χ3v) is 3.18. The summed E-state index contributed by atoms with van der Waals surface area (Å²) in [5.41, 5.74) is 2.04. The second-order valence-corrected chi connectivity index (χ2v) is 5.58. The second kappa shape index (κ2) is 4.61.